The highest BCUT2D eigenvalue weighted by molar-refractivity contribution is 6.66. The van der Waals surface area contributed by atoms with Gasteiger partial charge in [-0.05, 0) is 18.2 Å². The van der Waals surface area contributed by atoms with Crippen molar-refractivity contribution in [3.05, 3.63) is 54.2 Å². The van der Waals surface area contributed by atoms with Gasteiger partial charge in [-0.1, -0.05) is 53.0 Å². The molecule has 6 heteroatoms. The summed E-state index contributed by atoms with van der Waals surface area (Å²) in [6.07, 6.45) is 1.53. The lowest BCUT2D eigenvalue weighted by Crippen LogP contribution is -2.10. The molecule has 0 unspecified atom stereocenters. The van der Waals surface area contributed by atoms with Crippen molar-refractivity contribution >= 4 is 34.8 Å². The molecule has 0 radical (unpaired) electrons. The number of pyridine rings is 1. The third kappa shape index (κ3) is 4.75. The van der Waals surface area contributed by atoms with E-state index in [4.69, 9.17) is 44.3 Å². The molecule has 0 bridgehead atoms. The van der Waals surface area contributed by atoms with Crippen molar-refractivity contribution in [1.82, 2.24) is 4.98 Å². The van der Waals surface area contributed by atoms with Crippen LogP contribution < -0.4 is 9.47 Å². The van der Waals surface area contributed by atoms with Crippen LogP contribution in [0.5, 0.6) is 11.6 Å². The molecule has 0 saturated carbocycles. The van der Waals surface area contributed by atoms with Crippen LogP contribution in [-0.4, -0.2) is 18.2 Å². The van der Waals surface area contributed by atoms with Crippen LogP contribution >= 0.6 is 34.8 Å². The van der Waals surface area contributed by atoms with E-state index in [9.17, 15) is 0 Å². The van der Waals surface area contributed by atoms with Gasteiger partial charge in [0.05, 0.1) is 0 Å². The summed E-state index contributed by atoms with van der Waals surface area (Å²) in [5.41, 5.74) is 0.511. The molecule has 106 valence electrons. The molecule has 1 heterocycles. The quantitative estimate of drug-likeness (QED) is 0.602. The van der Waals surface area contributed by atoms with Crippen molar-refractivity contribution in [2.24, 2.45) is 0 Å². The number of benzene rings is 1. The standard InChI is InChI=1S/C14H12Cl3NO2/c15-14(16,17)11-6-7-18-13(10-11)20-9-8-19-12-4-2-1-3-5-12/h1-7,10H,8-9H2. The third-order valence-corrected chi connectivity index (χ3v) is 3.06. The number of alkyl halides is 3. The maximum Gasteiger partial charge on any atom is 0.216 e. The number of hydrogen-bond acceptors (Lipinski definition) is 3. The highest BCUT2D eigenvalue weighted by Gasteiger charge is 2.23. The van der Waals surface area contributed by atoms with Crippen LogP contribution in [0.15, 0.2) is 48.7 Å². The average Bonchev–Trinajstić information content (AvgIpc) is 2.44. The Bertz CT molecular complexity index is 544. The third-order valence-electron chi connectivity index (χ3n) is 2.41. The molecule has 2 rings (SSSR count). The second-order valence-electron chi connectivity index (χ2n) is 3.89. The second-order valence-corrected chi connectivity index (χ2v) is 6.17. The molecule has 0 aliphatic rings. The van der Waals surface area contributed by atoms with E-state index in [2.05, 4.69) is 4.98 Å². The van der Waals surface area contributed by atoms with Crippen LogP contribution in [0.3, 0.4) is 0 Å². The normalized spacial score (nSPS) is 11.2. The molecule has 1 aromatic heterocycles. The molecule has 2 aromatic rings. The Balaban J connectivity index is 1.83. The van der Waals surface area contributed by atoms with Crippen molar-refractivity contribution in [1.29, 1.82) is 0 Å². The van der Waals surface area contributed by atoms with Gasteiger partial charge in [-0.3, -0.25) is 0 Å². The largest absolute Gasteiger partial charge is 0.490 e. The highest BCUT2D eigenvalue weighted by Crippen LogP contribution is 2.38. The van der Waals surface area contributed by atoms with Crippen LogP contribution in [0.4, 0.5) is 0 Å². The molecular formula is C14H12Cl3NO2. The summed E-state index contributed by atoms with van der Waals surface area (Å²) in [5.74, 6) is 1.18. The van der Waals surface area contributed by atoms with E-state index in [0.29, 0.717) is 24.7 Å². The molecule has 0 spiro atoms. The Kier molecular flexibility index (Phi) is 5.35. The average molecular weight is 333 g/mol. The Morgan fingerprint density at radius 3 is 2.35 bits per heavy atom. The maximum absolute atomic E-state index is 5.79. The van der Waals surface area contributed by atoms with Gasteiger partial charge in [0.2, 0.25) is 9.67 Å². The van der Waals surface area contributed by atoms with E-state index < -0.39 is 3.79 Å². The first kappa shape index (κ1) is 15.2. The molecule has 0 saturated heterocycles. The lowest BCUT2D eigenvalue weighted by atomic mass is 10.3. The summed E-state index contributed by atoms with van der Waals surface area (Å²) in [5, 5.41) is 0. The van der Waals surface area contributed by atoms with Crippen LogP contribution in [0.25, 0.3) is 0 Å². The minimum absolute atomic E-state index is 0.352. The van der Waals surface area contributed by atoms with Gasteiger partial charge in [0.25, 0.3) is 0 Å². The minimum atomic E-state index is -1.48. The van der Waals surface area contributed by atoms with E-state index in [-0.39, 0.29) is 0 Å². The molecular weight excluding hydrogens is 321 g/mol. The predicted octanol–water partition coefficient (Wildman–Crippen LogP) is 4.37. The molecule has 0 N–H and O–H groups in total. The van der Waals surface area contributed by atoms with E-state index in [1.165, 1.54) is 6.20 Å². The van der Waals surface area contributed by atoms with Crippen LogP contribution in [-0.2, 0) is 3.79 Å². The van der Waals surface area contributed by atoms with Crippen molar-refractivity contribution in [3.63, 3.8) is 0 Å². The maximum atomic E-state index is 5.79. The van der Waals surface area contributed by atoms with Crippen LogP contribution in [0.1, 0.15) is 5.56 Å². The summed E-state index contributed by atoms with van der Waals surface area (Å²) in [6.45, 7) is 0.759. The fourth-order valence-corrected chi connectivity index (χ4v) is 1.84. The lowest BCUT2D eigenvalue weighted by molar-refractivity contribution is 0.212. The number of aromatic nitrogens is 1. The Labute approximate surface area is 132 Å². The van der Waals surface area contributed by atoms with E-state index in [0.717, 1.165) is 5.75 Å². The number of rotatable bonds is 5. The van der Waals surface area contributed by atoms with Gasteiger partial charge < -0.3 is 9.47 Å². The van der Waals surface area contributed by atoms with Gasteiger partial charge in [-0.2, -0.15) is 0 Å². The molecule has 20 heavy (non-hydrogen) atoms. The van der Waals surface area contributed by atoms with E-state index >= 15 is 0 Å². The summed E-state index contributed by atoms with van der Waals surface area (Å²) in [7, 11) is 0. The van der Waals surface area contributed by atoms with Crippen molar-refractivity contribution in [2.75, 3.05) is 13.2 Å². The molecule has 0 amide bonds. The Morgan fingerprint density at radius 1 is 0.950 bits per heavy atom. The molecule has 0 fully saturated rings. The molecule has 0 atom stereocenters. The summed E-state index contributed by atoms with van der Waals surface area (Å²) in [6, 6.07) is 12.7. The number of hydrogen-bond donors (Lipinski definition) is 0. The van der Waals surface area contributed by atoms with E-state index in [1.54, 1.807) is 12.1 Å². The smallest absolute Gasteiger partial charge is 0.216 e. The second kappa shape index (κ2) is 7.02. The topological polar surface area (TPSA) is 31.4 Å². The number of halogens is 3. The first-order valence-corrected chi connectivity index (χ1v) is 7.03. The first-order chi connectivity index (χ1) is 9.55. The predicted molar refractivity (Wildman–Crippen MR) is 80.9 cm³/mol. The molecule has 0 aliphatic carbocycles. The van der Waals surface area contributed by atoms with Crippen molar-refractivity contribution in [3.8, 4) is 11.6 Å². The van der Waals surface area contributed by atoms with Gasteiger partial charge in [-0.15, -0.1) is 0 Å². The van der Waals surface area contributed by atoms with Crippen LogP contribution in [0, 0.1) is 0 Å². The molecule has 0 aliphatic heterocycles. The highest BCUT2D eigenvalue weighted by atomic mass is 35.6. The first-order valence-electron chi connectivity index (χ1n) is 5.89. The lowest BCUT2D eigenvalue weighted by Gasteiger charge is -2.12. The van der Waals surface area contributed by atoms with Gasteiger partial charge in [0.15, 0.2) is 0 Å². The zero-order chi connectivity index (χ0) is 14.4. The monoisotopic (exact) mass is 331 g/mol. The van der Waals surface area contributed by atoms with Crippen molar-refractivity contribution < 1.29 is 9.47 Å². The van der Waals surface area contributed by atoms with Crippen molar-refractivity contribution in [2.45, 2.75) is 3.79 Å². The molecule has 1 aromatic carbocycles. The fraction of sp³-hybridized carbons (Fsp3) is 0.214. The fourth-order valence-electron chi connectivity index (χ4n) is 1.49. The summed E-state index contributed by atoms with van der Waals surface area (Å²) >= 11 is 17.4. The zero-order valence-electron chi connectivity index (χ0n) is 10.4. The number of nitrogens with zero attached hydrogens (tertiary/aromatic N) is 1. The van der Waals surface area contributed by atoms with Crippen LogP contribution in [0.2, 0.25) is 0 Å². The number of ether oxygens (including phenoxy) is 2. The van der Waals surface area contributed by atoms with Gasteiger partial charge >= 0.3 is 0 Å². The van der Waals surface area contributed by atoms with Gasteiger partial charge in [-0.25, -0.2) is 4.98 Å². The van der Waals surface area contributed by atoms with E-state index in [1.807, 2.05) is 30.3 Å². The summed E-state index contributed by atoms with van der Waals surface area (Å²) in [4.78, 5) is 4.04. The summed E-state index contributed by atoms with van der Waals surface area (Å²) < 4.78 is 9.46. The van der Waals surface area contributed by atoms with Gasteiger partial charge in [0, 0.05) is 17.8 Å². The molecule has 3 nitrogen and oxygen atoms in total. The van der Waals surface area contributed by atoms with Gasteiger partial charge in [0.1, 0.15) is 19.0 Å². The number of para-hydroxylation sites is 1. The zero-order valence-corrected chi connectivity index (χ0v) is 12.7. The Hall–Kier alpha value is -1.16. The SMILES string of the molecule is ClC(Cl)(Cl)c1ccnc(OCCOc2ccccc2)c1. The minimum Gasteiger partial charge on any atom is -0.490 e. The Morgan fingerprint density at radius 2 is 1.65 bits per heavy atom.